The zero-order chi connectivity index (χ0) is 17.7. The van der Waals surface area contributed by atoms with E-state index >= 15 is 0 Å². The summed E-state index contributed by atoms with van der Waals surface area (Å²) in [5.74, 6) is -0.773. The van der Waals surface area contributed by atoms with E-state index in [1.165, 1.54) is 24.3 Å². The van der Waals surface area contributed by atoms with Crippen LogP contribution < -0.4 is 10.0 Å². The molecule has 0 saturated heterocycles. The van der Waals surface area contributed by atoms with Crippen molar-refractivity contribution in [3.63, 3.8) is 0 Å². The minimum atomic E-state index is -3.53. The van der Waals surface area contributed by atoms with Gasteiger partial charge in [0.25, 0.3) is 0 Å². The molecule has 24 heavy (non-hydrogen) atoms. The standard InChI is InChI=1S/C17H19FN2O3S/c1-12-3-9-15(10-4-12)19-17(21)11-16(20-24(2,22)23)13-5-7-14(18)8-6-13/h3-10,16,20H,11H2,1-2H3,(H,19,21). The van der Waals surface area contributed by atoms with Gasteiger partial charge in [-0.1, -0.05) is 29.8 Å². The second-order valence-corrected chi connectivity index (χ2v) is 7.39. The first-order valence-electron chi connectivity index (χ1n) is 7.32. The molecule has 1 unspecified atom stereocenters. The van der Waals surface area contributed by atoms with Crippen LogP contribution in [0.1, 0.15) is 23.6 Å². The molecular formula is C17H19FN2O3S. The van der Waals surface area contributed by atoms with E-state index < -0.39 is 21.9 Å². The Labute approximate surface area is 141 Å². The monoisotopic (exact) mass is 350 g/mol. The zero-order valence-corrected chi connectivity index (χ0v) is 14.2. The third-order valence-electron chi connectivity index (χ3n) is 3.35. The number of anilines is 1. The Hall–Kier alpha value is -2.25. The highest BCUT2D eigenvalue weighted by Gasteiger charge is 2.20. The fraction of sp³-hybridized carbons (Fsp3) is 0.235. The molecule has 2 aromatic carbocycles. The summed E-state index contributed by atoms with van der Waals surface area (Å²) in [7, 11) is -3.53. The number of nitrogens with one attached hydrogen (secondary N) is 2. The van der Waals surface area contributed by atoms with Crippen LogP contribution in [0.15, 0.2) is 48.5 Å². The maximum atomic E-state index is 13.1. The van der Waals surface area contributed by atoms with Gasteiger partial charge in [0.2, 0.25) is 15.9 Å². The number of carbonyl (C=O) groups excluding carboxylic acids is 1. The van der Waals surface area contributed by atoms with Crippen LogP contribution in [-0.4, -0.2) is 20.6 Å². The Morgan fingerprint density at radius 1 is 1.08 bits per heavy atom. The molecule has 0 heterocycles. The van der Waals surface area contributed by atoms with Crippen molar-refractivity contribution in [2.75, 3.05) is 11.6 Å². The Morgan fingerprint density at radius 2 is 1.67 bits per heavy atom. The molecule has 2 rings (SSSR count). The van der Waals surface area contributed by atoms with Crippen molar-refractivity contribution in [1.29, 1.82) is 0 Å². The van der Waals surface area contributed by atoms with Crippen molar-refractivity contribution in [3.8, 4) is 0 Å². The van der Waals surface area contributed by atoms with Crippen LogP contribution in [0.25, 0.3) is 0 Å². The Bertz CT molecular complexity index is 803. The van der Waals surface area contributed by atoms with Crippen LogP contribution in [0.4, 0.5) is 10.1 Å². The summed E-state index contributed by atoms with van der Waals surface area (Å²) in [6.45, 7) is 1.94. The number of amides is 1. The highest BCUT2D eigenvalue weighted by atomic mass is 32.2. The molecule has 0 aromatic heterocycles. The van der Waals surface area contributed by atoms with Crippen LogP contribution in [0.5, 0.6) is 0 Å². The van der Waals surface area contributed by atoms with E-state index in [-0.39, 0.29) is 12.3 Å². The summed E-state index contributed by atoms with van der Waals surface area (Å²) in [5, 5.41) is 2.72. The van der Waals surface area contributed by atoms with Gasteiger partial charge in [0.05, 0.1) is 12.3 Å². The molecular weight excluding hydrogens is 331 g/mol. The summed E-state index contributed by atoms with van der Waals surface area (Å²) in [5.41, 5.74) is 2.21. The molecule has 0 fully saturated rings. The lowest BCUT2D eigenvalue weighted by molar-refractivity contribution is -0.116. The molecule has 0 saturated carbocycles. The minimum absolute atomic E-state index is 0.105. The lowest BCUT2D eigenvalue weighted by Crippen LogP contribution is -2.30. The van der Waals surface area contributed by atoms with Crippen LogP contribution in [0.2, 0.25) is 0 Å². The lowest BCUT2D eigenvalue weighted by atomic mass is 10.0. The molecule has 1 atom stereocenters. The van der Waals surface area contributed by atoms with Crippen molar-refractivity contribution in [2.45, 2.75) is 19.4 Å². The van der Waals surface area contributed by atoms with Crippen LogP contribution >= 0.6 is 0 Å². The topological polar surface area (TPSA) is 75.3 Å². The molecule has 1 amide bonds. The van der Waals surface area contributed by atoms with Crippen LogP contribution in [-0.2, 0) is 14.8 Å². The van der Waals surface area contributed by atoms with Crippen molar-refractivity contribution >= 4 is 21.6 Å². The fourth-order valence-corrected chi connectivity index (χ4v) is 2.95. The molecule has 7 heteroatoms. The third kappa shape index (κ3) is 5.75. The van der Waals surface area contributed by atoms with Gasteiger partial charge in [0.15, 0.2) is 0 Å². The van der Waals surface area contributed by atoms with Gasteiger partial charge >= 0.3 is 0 Å². The van der Waals surface area contributed by atoms with E-state index in [1.54, 1.807) is 12.1 Å². The van der Waals surface area contributed by atoms with Gasteiger partial charge in [-0.25, -0.2) is 17.5 Å². The second kappa shape index (κ2) is 7.55. The molecule has 0 spiro atoms. The van der Waals surface area contributed by atoms with Crippen molar-refractivity contribution in [2.24, 2.45) is 0 Å². The van der Waals surface area contributed by atoms with E-state index in [0.29, 0.717) is 11.3 Å². The van der Waals surface area contributed by atoms with E-state index in [9.17, 15) is 17.6 Å². The van der Waals surface area contributed by atoms with Gasteiger partial charge in [0, 0.05) is 12.1 Å². The van der Waals surface area contributed by atoms with E-state index in [1.807, 2.05) is 19.1 Å². The van der Waals surface area contributed by atoms with Gasteiger partial charge in [-0.05, 0) is 36.8 Å². The largest absolute Gasteiger partial charge is 0.326 e. The highest BCUT2D eigenvalue weighted by molar-refractivity contribution is 7.88. The van der Waals surface area contributed by atoms with Crippen molar-refractivity contribution in [3.05, 3.63) is 65.5 Å². The number of hydrogen-bond acceptors (Lipinski definition) is 3. The number of rotatable bonds is 6. The third-order valence-corrected chi connectivity index (χ3v) is 4.07. The Balaban J connectivity index is 2.13. The first kappa shape index (κ1) is 18.1. The predicted molar refractivity (Wildman–Crippen MR) is 91.5 cm³/mol. The smallest absolute Gasteiger partial charge is 0.226 e. The van der Waals surface area contributed by atoms with Gasteiger partial charge < -0.3 is 5.32 Å². The fourth-order valence-electron chi connectivity index (χ4n) is 2.22. The number of benzene rings is 2. The normalized spacial score (nSPS) is 12.6. The number of aryl methyl sites for hydroxylation is 1. The molecule has 0 radical (unpaired) electrons. The van der Waals surface area contributed by atoms with E-state index in [0.717, 1.165) is 11.8 Å². The van der Waals surface area contributed by atoms with Gasteiger partial charge in [-0.15, -0.1) is 0 Å². The number of carbonyl (C=O) groups is 1. The summed E-state index contributed by atoms with van der Waals surface area (Å²) in [4.78, 5) is 12.2. The summed E-state index contributed by atoms with van der Waals surface area (Å²) in [6, 6.07) is 11.9. The van der Waals surface area contributed by atoms with Crippen LogP contribution in [0.3, 0.4) is 0 Å². The number of hydrogen-bond donors (Lipinski definition) is 2. The summed E-state index contributed by atoms with van der Waals surface area (Å²) in [6.07, 6.45) is 0.911. The lowest BCUT2D eigenvalue weighted by Gasteiger charge is -2.18. The minimum Gasteiger partial charge on any atom is -0.326 e. The first-order chi connectivity index (χ1) is 11.2. The van der Waals surface area contributed by atoms with Crippen LogP contribution in [0, 0.1) is 12.7 Å². The average molecular weight is 350 g/mol. The number of sulfonamides is 1. The maximum Gasteiger partial charge on any atom is 0.226 e. The van der Waals surface area contributed by atoms with Gasteiger partial charge in [-0.3, -0.25) is 4.79 Å². The first-order valence-corrected chi connectivity index (χ1v) is 9.21. The molecule has 0 bridgehead atoms. The Morgan fingerprint density at radius 3 is 2.21 bits per heavy atom. The maximum absolute atomic E-state index is 13.1. The van der Waals surface area contributed by atoms with Gasteiger partial charge in [0.1, 0.15) is 5.82 Å². The quantitative estimate of drug-likeness (QED) is 0.841. The predicted octanol–water partition coefficient (Wildman–Crippen LogP) is 2.75. The highest BCUT2D eigenvalue weighted by Crippen LogP contribution is 2.19. The molecule has 0 aliphatic heterocycles. The zero-order valence-electron chi connectivity index (χ0n) is 13.4. The summed E-state index contributed by atoms with van der Waals surface area (Å²) < 4.78 is 38.5. The van der Waals surface area contributed by atoms with Crippen molar-refractivity contribution < 1.29 is 17.6 Å². The molecule has 2 N–H and O–H groups in total. The Kier molecular flexibility index (Phi) is 5.69. The molecule has 2 aromatic rings. The second-order valence-electron chi connectivity index (χ2n) is 5.61. The van der Waals surface area contributed by atoms with Crippen molar-refractivity contribution in [1.82, 2.24) is 4.72 Å². The number of halogens is 1. The molecule has 0 aliphatic rings. The molecule has 5 nitrogen and oxygen atoms in total. The average Bonchev–Trinajstić information content (AvgIpc) is 2.48. The van der Waals surface area contributed by atoms with E-state index in [2.05, 4.69) is 10.0 Å². The summed E-state index contributed by atoms with van der Waals surface area (Å²) >= 11 is 0. The van der Waals surface area contributed by atoms with Gasteiger partial charge in [-0.2, -0.15) is 0 Å². The molecule has 0 aliphatic carbocycles. The SMILES string of the molecule is Cc1ccc(NC(=O)CC(NS(C)(=O)=O)c2ccc(F)cc2)cc1. The van der Waals surface area contributed by atoms with E-state index in [4.69, 9.17) is 0 Å². The molecule has 128 valence electrons.